The van der Waals surface area contributed by atoms with Crippen LogP contribution >= 0.6 is 0 Å². The van der Waals surface area contributed by atoms with E-state index in [-0.39, 0.29) is 11.9 Å². The van der Waals surface area contributed by atoms with Gasteiger partial charge in [-0.15, -0.1) is 0 Å². The first-order chi connectivity index (χ1) is 5.72. The van der Waals surface area contributed by atoms with Crippen LogP contribution in [-0.2, 0) is 9.53 Å². The van der Waals surface area contributed by atoms with Gasteiger partial charge in [0, 0.05) is 6.54 Å². The van der Waals surface area contributed by atoms with Crippen LogP contribution in [-0.4, -0.2) is 43.7 Å². The molecular weight excluding hydrogens is 156 g/mol. The molecule has 0 spiro atoms. The highest BCUT2D eigenvalue weighted by Crippen LogP contribution is 2.01. The Morgan fingerprint density at radius 3 is 2.50 bits per heavy atom. The number of morpholine rings is 1. The van der Waals surface area contributed by atoms with Crippen molar-refractivity contribution in [2.24, 2.45) is 5.73 Å². The smallest absolute Gasteiger partial charge is 0.237 e. The summed E-state index contributed by atoms with van der Waals surface area (Å²) in [6.07, 6.45) is 0. The average molecular weight is 174 g/mol. The fraction of sp³-hybridized carbons (Fsp3) is 0.875. The van der Waals surface area contributed by atoms with Crippen molar-refractivity contribution < 1.29 is 9.53 Å². The van der Waals surface area contributed by atoms with Gasteiger partial charge < -0.3 is 10.5 Å². The minimum atomic E-state index is -0.304. The zero-order valence-electron chi connectivity index (χ0n) is 8.04. The van der Waals surface area contributed by atoms with Gasteiger partial charge in [0.2, 0.25) is 5.91 Å². The Morgan fingerprint density at radius 2 is 2.17 bits per heavy atom. The first-order valence-corrected chi connectivity index (χ1v) is 4.29. The number of hydrogen-bond acceptors (Lipinski definition) is 3. The summed E-state index contributed by atoms with van der Waals surface area (Å²) in [6.45, 7) is 5.92. The summed E-state index contributed by atoms with van der Waals surface area (Å²) in [7, 11) is 1.87. The minimum Gasteiger partial charge on any atom is -0.378 e. The van der Waals surface area contributed by atoms with Crippen molar-refractivity contribution in [3.8, 4) is 0 Å². The van der Waals surface area contributed by atoms with Gasteiger partial charge in [-0.25, -0.2) is 0 Å². The maximum atomic E-state index is 10.7. The molecule has 1 heterocycles. The van der Waals surface area contributed by atoms with Crippen molar-refractivity contribution in [1.82, 2.24) is 4.90 Å². The van der Waals surface area contributed by atoms with Crippen molar-refractivity contribution in [3.63, 3.8) is 0 Å². The second kappa shape index (κ2) is 5.97. The topological polar surface area (TPSA) is 55.6 Å². The number of rotatable bonds is 1. The van der Waals surface area contributed by atoms with E-state index in [0.717, 1.165) is 6.54 Å². The number of carbonyl (C=O) groups excluding carboxylic acids is 1. The summed E-state index contributed by atoms with van der Waals surface area (Å²) in [5.74, 6) is -0.304. The molecule has 1 aliphatic heterocycles. The van der Waals surface area contributed by atoms with Crippen LogP contribution in [0.3, 0.4) is 0 Å². The molecule has 1 atom stereocenters. The molecule has 4 heteroatoms. The van der Waals surface area contributed by atoms with Gasteiger partial charge in [0.1, 0.15) is 6.04 Å². The van der Waals surface area contributed by atoms with Crippen LogP contribution in [0, 0.1) is 0 Å². The first kappa shape index (κ1) is 11.4. The SMILES string of the molecule is CC.CN1CCOCC1C(N)=O. The molecule has 1 fully saturated rings. The third-order valence-electron chi connectivity index (χ3n) is 1.72. The maximum absolute atomic E-state index is 10.7. The molecule has 1 unspecified atom stereocenters. The van der Waals surface area contributed by atoms with E-state index in [1.165, 1.54) is 0 Å². The van der Waals surface area contributed by atoms with Gasteiger partial charge in [-0.2, -0.15) is 0 Å². The molecule has 4 nitrogen and oxygen atoms in total. The molecule has 0 aromatic carbocycles. The summed E-state index contributed by atoms with van der Waals surface area (Å²) < 4.78 is 5.07. The summed E-state index contributed by atoms with van der Waals surface area (Å²) in [5.41, 5.74) is 5.10. The van der Waals surface area contributed by atoms with Gasteiger partial charge in [-0.1, -0.05) is 13.8 Å². The summed E-state index contributed by atoms with van der Waals surface area (Å²) >= 11 is 0. The Hall–Kier alpha value is -0.610. The molecule has 2 N–H and O–H groups in total. The van der Waals surface area contributed by atoms with E-state index < -0.39 is 0 Å². The van der Waals surface area contributed by atoms with Gasteiger partial charge in [0.25, 0.3) is 0 Å². The number of amides is 1. The van der Waals surface area contributed by atoms with E-state index in [1.807, 2.05) is 25.8 Å². The Labute approximate surface area is 73.7 Å². The van der Waals surface area contributed by atoms with Crippen LogP contribution in [0.2, 0.25) is 0 Å². The van der Waals surface area contributed by atoms with E-state index in [1.54, 1.807) is 0 Å². The van der Waals surface area contributed by atoms with Crippen LogP contribution in [0.15, 0.2) is 0 Å². The predicted molar refractivity (Wildman–Crippen MR) is 47.8 cm³/mol. The lowest BCUT2D eigenvalue weighted by Gasteiger charge is -2.29. The van der Waals surface area contributed by atoms with Crippen LogP contribution in [0.5, 0.6) is 0 Å². The quantitative estimate of drug-likeness (QED) is 0.600. The molecule has 0 radical (unpaired) electrons. The molecule has 0 bridgehead atoms. The Kier molecular flexibility index (Phi) is 5.66. The highest BCUT2D eigenvalue weighted by atomic mass is 16.5. The maximum Gasteiger partial charge on any atom is 0.237 e. The third-order valence-corrected chi connectivity index (χ3v) is 1.72. The van der Waals surface area contributed by atoms with Gasteiger partial charge in [0.15, 0.2) is 0 Å². The normalized spacial score (nSPS) is 24.1. The number of nitrogens with zero attached hydrogens (tertiary/aromatic N) is 1. The molecule has 1 rings (SSSR count). The number of primary amides is 1. The number of carbonyl (C=O) groups is 1. The monoisotopic (exact) mass is 174 g/mol. The predicted octanol–water partition coefficient (Wildman–Crippen LogP) is -0.171. The summed E-state index contributed by atoms with van der Waals surface area (Å²) in [5, 5.41) is 0. The lowest BCUT2D eigenvalue weighted by molar-refractivity contribution is -0.128. The van der Waals surface area contributed by atoms with Crippen LogP contribution in [0.25, 0.3) is 0 Å². The van der Waals surface area contributed by atoms with E-state index >= 15 is 0 Å². The van der Waals surface area contributed by atoms with Crippen molar-refractivity contribution in [3.05, 3.63) is 0 Å². The van der Waals surface area contributed by atoms with E-state index in [0.29, 0.717) is 13.2 Å². The molecule has 1 aliphatic rings. The molecule has 0 saturated carbocycles. The molecule has 0 aromatic heterocycles. The van der Waals surface area contributed by atoms with Crippen LogP contribution in [0.1, 0.15) is 13.8 Å². The first-order valence-electron chi connectivity index (χ1n) is 4.29. The second-order valence-electron chi connectivity index (χ2n) is 2.47. The third kappa shape index (κ3) is 3.19. The molecule has 12 heavy (non-hydrogen) atoms. The largest absolute Gasteiger partial charge is 0.378 e. The highest BCUT2D eigenvalue weighted by Gasteiger charge is 2.23. The minimum absolute atomic E-state index is 0.228. The fourth-order valence-corrected chi connectivity index (χ4v) is 0.986. The fourth-order valence-electron chi connectivity index (χ4n) is 0.986. The van der Waals surface area contributed by atoms with E-state index in [2.05, 4.69) is 0 Å². The zero-order valence-corrected chi connectivity index (χ0v) is 8.04. The summed E-state index contributed by atoms with van der Waals surface area (Å²) in [6, 6.07) is -0.228. The lowest BCUT2D eigenvalue weighted by atomic mass is 10.2. The molecule has 1 saturated heterocycles. The summed E-state index contributed by atoms with van der Waals surface area (Å²) in [4.78, 5) is 12.6. The Balaban J connectivity index is 0.000000561. The van der Waals surface area contributed by atoms with E-state index in [9.17, 15) is 4.79 Å². The van der Waals surface area contributed by atoms with Crippen LogP contribution in [0.4, 0.5) is 0 Å². The number of hydrogen-bond donors (Lipinski definition) is 1. The number of likely N-dealkylation sites (N-methyl/N-ethyl adjacent to an activating group) is 1. The van der Waals surface area contributed by atoms with Crippen molar-refractivity contribution in [1.29, 1.82) is 0 Å². The second-order valence-corrected chi connectivity index (χ2v) is 2.47. The lowest BCUT2D eigenvalue weighted by Crippen LogP contribution is -2.50. The zero-order chi connectivity index (χ0) is 9.56. The van der Waals surface area contributed by atoms with Crippen molar-refractivity contribution in [2.45, 2.75) is 19.9 Å². The average Bonchev–Trinajstić information content (AvgIpc) is 2.08. The Morgan fingerprint density at radius 1 is 1.58 bits per heavy atom. The number of nitrogens with two attached hydrogens (primary N) is 1. The standard InChI is InChI=1S/C6H12N2O2.C2H6/c1-8-2-3-10-4-5(8)6(7)9;1-2/h5H,2-4H2,1H3,(H2,7,9);1-2H3. The molecule has 0 aromatic rings. The molecule has 72 valence electrons. The van der Waals surface area contributed by atoms with Crippen molar-refractivity contribution >= 4 is 5.91 Å². The van der Waals surface area contributed by atoms with Crippen LogP contribution < -0.4 is 5.73 Å². The molecular formula is C8H18N2O2. The number of ether oxygens (including phenoxy) is 1. The van der Waals surface area contributed by atoms with Gasteiger partial charge in [-0.05, 0) is 7.05 Å². The van der Waals surface area contributed by atoms with Gasteiger partial charge in [-0.3, -0.25) is 9.69 Å². The molecule has 1 amide bonds. The van der Waals surface area contributed by atoms with Crippen molar-refractivity contribution in [2.75, 3.05) is 26.8 Å². The van der Waals surface area contributed by atoms with Gasteiger partial charge in [0.05, 0.1) is 13.2 Å². The Bertz CT molecular complexity index is 139. The highest BCUT2D eigenvalue weighted by molar-refractivity contribution is 5.80. The molecule has 0 aliphatic carbocycles. The van der Waals surface area contributed by atoms with Gasteiger partial charge >= 0.3 is 0 Å². The van der Waals surface area contributed by atoms with E-state index in [4.69, 9.17) is 10.5 Å².